The second kappa shape index (κ2) is 9.63. The maximum atomic E-state index is 12.8. The SMILES string of the molecule is CC(C(=O)Nc1ccc(S(=O)(=O)Nc2ncccn2)cc1)n1nc(-c2ccccc2)ccc1=O. The molecule has 0 bridgehead atoms. The highest BCUT2D eigenvalue weighted by atomic mass is 32.2. The van der Waals surface area contributed by atoms with Gasteiger partial charge in [0.2, 0.25) is 11.9 Å². The van der Waals surface area contributed by atoms with E-state index in [9.17, 15) is 18.0 Å². The van der Waals surface area contributed by atoms with Crippen molar-refractivity contribution in [3.63, 3.8) is 0 Å². The molecule has 10 nitrogen and oxygen atoms in total. The Kier molecular flexibility index (Phi) is 6.46. The van der Waals surface area contributed by atoms with Gasteiger partial charge in [-0.3, -0.25) is 9.59 Å². The number of nitrogens with one attached hydrogen (secondary N) is 2. The van der Waals surface area contributed by atoms with Gasteiger partial charge in [0.25, 0.3) is 15.6 Å². The van der Waals surface area contributed by atoms with Crippen LogP contribution in [0, 0.1) is 0 Å². The lowest BCUT2D eigenvalue weighted by molar-refractivity contribution is -0.119. The number of sulfonamides is 1. The average molecular weight is 477 g/mol. The van der Waals surface area contributed by atoms with Crippen LogP contribution < -0.4 is 15.6 Å². The molecule has 0 aliphatic heterocycles. The van der Waals surface area contributed by atoms with Crippen LogP contribution in [0.15, 0.2) is 94.9 Å². The molecule has 1 atom stereocenters. The summed E-state index contributed by atoms with van der Waals surface area (Å²) in [6.45, 7) is 1.56. The molecule has 34 heavy (non-hydrogen) atoms. The molecule has 1 unspecified atom stereocenters. The second-order valence-corrected chi connectivity index (χ2v) is 8.92. The lowest BCUT2D eigenvalue weighted by atomic mass is 10.1. The van der Waals surface area contributed by atoms with Gasteiger partial charge in [0.05, 0.1) is 10.6 Å². The van der Waals surface area contributed by atoms with Crippen molar-refractivity contribution < 1.29 is 13.2 Å². The first-order chi connectivity index (χ1) is 16.3. The molecular weight excluding hydrogens is 456 g/mol. The summed E-state index contributed by atoms with van der Waals surface area (Å²) in [5.41, 5.74) is 1.32. The van der Waals surface area contributed by atoms with Crippen molar-refractivity contribution in [2.24, 2.45) is 0 Å². The number of hydrogen-bond donors (Lipinski definition) is 2. The third-order valence-corrected chi connectivity index (χ3v) is 6.21. The van der Waals surface area contributed by atoms with Crippen molar-refractivity contribution in [3.8, 4) is 11.3 Å². The first-order valence-corrected chi connectivity index (χ1v) is 11.7. The van der Waals surface area contributed by atoms with E-state index in [1.54, 1.807) is 19.1 Å². The number of anilines is 2. The summed E-state index contributed by atoms with van der Waals surface area (Å²) in [7, 11) is -3.90. The summed E-state index contributed by atoms with van der Waals surface area (Å²) in [5, 5.41) is 7.01. The molecule has 0 radical (unpaired) electrons. The predicted octanol–water partition coefficient (Wildman–Crippen LogP) is 2.70. The summed E-state index contributed by atoms with van der Waals surface area (Å²) in [6, 6.07) is 18.5. The number of rotatable bonds is 7. The predicted molar refractivity (Wildman–Crippen MR) is 127 cm³/mol. The molecule has 0 saturated heterocycles. The van der Waals surface area contributed by atoms with Crippen LogP contribution in [0.1, 0.15) is 13.0 Å². The fourth-order valence-electron chi connectivity index (χ4n) is 3.07. The van der Waals surface area contributed by atoms with Crippen LogP contribution in [0.3, 0.4) is 0 Å². The van der Waals surface area contributed by atoms with E-state index >= 15 is 0 Å². The Morgan fingerprint density at radius 2 is 1.59 bits per heavy atom. The molecule has 0 fully saturated rings. The summed E-state index contributed by atoms with van der Waals surface area (Å²) in [5.74, 6) is -0.532. The third-order valence-electron chi connectivity index (χ3n) is 4.86. The van der Waals surface area contributed by atoms with Crippen molar-refractivity contribution >= 4 is 27.6 Å². The zero-order valence-corrected chi connectivity index (χ0v) is 18.8. The fraction of sp³-hybridized carbons (Fsp3) is 0.0870. The van der Waals surface area contributed by atoms with E-state index in [-0.39, 0.29) is 10.8 Å². The van der Waals surface area contributed by atoms with Gasteiger partial charge in [0.1, 0.15) is 6.04 Å². The Morgan fingerprint density at radius 3 is 2.26 bits per heavy atom. The highest BCUT2D eigenvalue weighted by molar-refractivity contribution is 7.92. The van der Waals surface area contributed by atoms with Gasteiger partial charge in [0.15, 0.2) is 0 Å². The highest BCUT2D eigenvalue weighted by Crippen LogP contribution is 2.18. The lowest BCUT2D eigenvalue weighted by Gasteiger charge is -2.15. The highest BCUT2D eigenvalue weighted by Gasteiger charge is 2.19. The Morgan fingerprint density at radius 1 is 0.912 bits per heavy atom. The van der Waals surface area contributed by atoms with Crippen LogP contribution in [-0.4, -0.2) is 34.1 Å². The minimum absolute atomic E-state index is 0.0283. The van der Waals surface area contributed by atoms with Gasteiger partial charge >= 0.3 is 0 Å². The van der Waals surface area contributed by atoms with Crippen LogP contribution in [0.5, 0.6) is 0 Å². The molecule has 4 aromatic rings. The van der Waals surface area contributed by atoms with Crippen LogP contribution in [-0.2, 0) is 14.8 Å². The Bertz CT molecular complexity index is 1460. The van der Waals surface area contributed by atoms with E-state index in [2.05, 4.69) is 25.1 Å². The van der Waals surface area contributed by atoms with E-state index in [1.165, 1.54) is 42.7 Å². The smallest absolute Gasteiger partial charge is 0.267 e. The minimum atomic E-state index is -3.90. The number of carbonyl (C=O) groups is 1. The molecule has 172 valence electrons. The van der Waals surface area contributed by atoms with E-state index < -0.39 is 27.5 Å². The Labute approximate surface area is 195 Å². The van der Waals surface area contributed by atoms with E-state index in [0.717, 1.165) is 10.2 Å². The molecule has 2 aromatic heterocycles. The summed E-state index contributed by atoms with van der Waals surface area (Å²) in [6.07, 6.45) is 2.83. The Hall–Kier alpha value is -4.38. The molecule has 0 aliphatic rings. The van der Waals surface area contributed by atoms with Gasteiger partial charge < -0.3 is 5.32 Å². The number of benzene rings is 2. The first-order valence-electron chi connectivity index (χ1n) is 10.2. The monoisotopic (exact) mass is 476 g/mol. The maximum Gasteiger partial charge on any atom is 0.267 e. The molecular formula is C23H20N6O4S. The van der Waals surface area contributed by atoms with E-state index in [1.807, 2.05) is 30.3 Å². The van der Waals surface area contributed by atoms with Gasteiger partial charge in [-0.2, -0.15) is 5.10 Å². The molecule has 2 N–H and O–H groups in total. The zero-order valence-electron chi connectivity index (χ0n) is 18.0. The number of amides is 1. The van der Waals surface area contributed by atoms with Crippen LogP contribution >= 0.6 is 0 Å². The van der Waals surface area contributed by atoms with Gasteiger partial charge in [0, 0.05) is 29.7 Å². The number of carbonyl (C=O) groups excluding carboxylic acids is 1. The summed E-state index contributed by atoms with van der Waals surface area (Å²) < 4.78 is 28.4. The Balaban J connectivity index is 1.48. The molecule has 11 heteroatoms. The molecule has 2 heterocycles. The second-order valence-electron chi connectivity index (χ2n) is 7.23. The summed E-state index contributed by atoms with van der Waals surface area (Å²) in [4.78, 5) is 32.8. The number of hydrogen-bond acceptors (Lipinski definition) is 7. The van der Waals surface area contributed by atoms with Crippen molar-refractivity contribution in [1.82, 2.24) is 19.7 Å². The molecule has 4 rings (SSSR count). The van der Waals surface area contributed by atoms with Gasteiger partial charge in [-0.15, -0.1) is 0 Å². The maximum absolute atomic E-state index is 12.8. The first kappa shape index (κ1) is 22.8. The van der Waals surface area contributed by atoms with Crippen LogP contribution in [0.25, 0.3) is 11.3 Å². The molecule has 0 saturated carbocycles. The topological polar surface area (TPSA) is 136 Å². The van der Waals surface area contributed by atoms with Crippen LogP contribution in [0.4, 0.5) is 11.6 Å². The molecule has 0 spiro atoms. The van der Waals surface area contributed by atoms with Gasteiger partial charge in [-0.25, -0.2) is 27.8 Å². The zero-order chi connectivity index (χ0) is 24.1. The molecule has 1 amide bonds. The number of aromatic nitrogens is 4. The summed E-state index contributed by atoms with van der Waals surface area (Å²) >= 11 is 0. The number of nitrogens with zero attached hydrogens (tertiary/aromatic N) is 4. The lowest BCUT2D eigenvalue weighted by Crippen LogP contribution is -2.33. The quantitative estimate of drug-likeness (QED) is 0.418. The largest absolute Gasteiger partial charge is 0.324 e. The standard InChI is InChI=1S/C23H20N6O4S/c1-16(29-21(30)13-12-20(27-29)17-6-3-2-4-7-17)22(31)26-18-8-10-19(11-9-18)34(32,33)28-23-24-14-5-15-25-23/h2-16H,1H3,(H,26,31)(H,24,25,28). The fourth-order valence-corrected chi connectivity index (χ4v) is 4.03. The molecule has 2 aromatic carbocycles. The minimum Gasteiger partial charge on any atom is -0.324 e. The average Bonchev–Trinajstić information content (AvgIpc) is 2.85. The van der Waals surface area contributed by atoms with Crippen molar-refractivity contribution in [1.29, 1.82) is 0 Å². The van der Waals surface area contributed by atoms with Crippen molar-refractivity contribution in [2.75, 3.05) is 10.0 Å². The van der Waals surface area contributed by atoms with Gasteiger partial charge in [-0.1, -0.05) is 30.3 Å². The normalized spacial score (nSPS) is 12.0. The third kappa shape index (κ3) is 5.15. The van der Waals surface area contributed by atoms with E-state index in [4.69, 9.17) is 0 Å². The van der Waals surface area contributed by atoms with Gasteiger partial charge in [-0.05, 0) is 43.3 Å². The van der Waals surface area contributed by atoms with E-state index in [0.29, 0.717) is 11.4 Å². The van der Waals surface area contributed by atoms with Crippen LogP contribution in [0.2, 0.25) is 0 Å². The molecule has 0 aliphatic carbocycles. The van der Waals surface area contributed by atoms with Crippen molar-refractivity contribution in [3.05, 3.63) is 95.5 Å². The van der Waals surface area contributed by atoms with Crippen molar-refractivity contribution in [2.45, 2.75) is 17.9 Å².